The normalized spacial score (nSPS) is 20.9. The highest BCUT2D eigenvalue weighted by molar-refractivity contribution is 5.81. The van der Waals surface area contributed by atoms with Crippen molar-refractivity contribution in [2.24, 2.45) is 23.7 Å². The van der Waals surface area contributed by atoms with Crippen molar-refractivity contribution in [3.8, 4) is 6.01 Å². The molecule has 2 aromatic heterocycles. The van der Waals surface area contributed by atoms with E-state index in [1.807, 2.05) is 0 Å². The van der Waals surface area contributed by atoms with Gasteiger partial charge in [0.1, 0.15) is 5.52 Å². The lowest BCUT2D eigenvalue weighted by Crippen LogP contribution is -2.39. The molecule has 5 heterocycles. The lowest BCUT2D eigenvalue weighted by Gasteiger charge is -2.37. The summed E-state index contributed by atoms with van der Waals surface area (Å²) in [5.74, 6) is 4.21. The summed E-state index contributed by atoms with van der Waals surface area (Å²) >= 11 is 0. The van der Waals surface area contributed by atoms with E-state index in [1.54, 1.807) is 4.57 Å². The van der Waals surface area contributed by atoms with Crippen LogP contribution in [0, 0.1) is 23.7 Å². The Bertz CT molecular complexity index is 1430. The van der Waals surface area contributed by atoms with Crippen LogP contribution in [-0.2, 0) is 13.1 Å². The van der Waals surface area contributed by atoms with Crippen LogP contribution in [0.4, 0.5) is 5.82 Å². The average Bonchev–Trinajstić information content (AvgIpc) is 3.45. The highest BCUT2D eigenvalue weighted by Gasteiger charge is 2.28. The van der Waals surface area contributed by atoms with E-state index in [-0.39, 0.29) is 17.5 Å². The van der Waals surface area contributed by atoms with E-state index in [4.69, 9.17) is 10.5 Å². The summed E-state index contributed by atoms with van der Waals surface area (Å²) in [6.45, 7) is 11.3. The van der Waals surface area contributed by atoms with E-state index in [1.165, 1.54) is 115 Å². The number of fused-ring (bicyclic) bond motifs is 1. The lowest BCUT2D eigenvalue weighted by molar-refractivity contribution is 0.126. The van der Waals surface area contributed by atoms with Gasteiger partial charge in [-0.3, -0.25) is 9.47 Å². The monoisotopic (exact) mass is 660 g/mol. The maximum Gasteiger partial charge on any atom is 0.328 e. The van der Waals surface area contributed by atoms with Crippen molar-refractivity contribution in [2.75, 3.05) is 51.6 Å². The topological polar surface area (TPSA) is 126 Å². The van der Waals surface area contributed by atoms with Crippen LogP contribution in [-0.4, -0.2) is 70.3 Å². The largest absolute Gasteiger partial charge is 0.463 e. The Balaban J connectivity index is 0.000000280. The molecule has 5 N–H and O–H groups in total. The molecule has 10 nitrogen and oxygen atoms in total. The maximum absolute atomic E-state index is 12.7. The van der Waals surface area contributed by atoms with Gasteiger partial charge in [-0.05, 0) is 119 Å². The number of H-pyrrole nitrogens is 1. The van der Waals surface area contributed by atoms with Gasteiger partial charge in [0.15, 0.2) is 11.5 Å². The Morgan fingerprint density at radius 2 is 1.33 bits per heavy atom. The predicted octanol–water partition coefficient (Wildman–Crippen LogP) is 5.71. The smallest absolute Gasteiger partial charge is 0.328 e. The van der Waals surface area contributed by atoms with Crippen LogP contribution in [0.25, 0.3) is 11.2 Å². The molecule has 4 fully saturated rings. The summed E-state index contributed by atoms with van der Waals surface area (Å²) in [5, 5.41) is 6.94. The first kappa shape index (κ1) is 34.9. The van der Waals surface area contributed by atoms with Crippen LogP contribution < -0.4 is 26.8 Å². The molecule has 1 saturated carbocycles. The number of nitrogens with two attached hydrogens (primary N) is 1. The lowest BCUT2D eigenvalue weighted by atomic mass is 9.76. The molecule has 0 spiro atoms. The number of imidazole rings is 1. The number of benzene rings is 1. The van der Waals surface area contributed by atoms with Gasteiger partial charge >= 0.3 is 11.7 Å². The van der Waals surface area contributed by atoms with Crippen molar-refractivity contribution < 1.29 is 4.74 Å². The van der Waals surface area contributed by atoms with Gasteiger partial charge in [0.2, 0.25) is 0 Å². The van der Waals surface area contributed by atoms with Gasteiger partial charge in [-0.25, -0.2) is 4.79 Å². The maximum atomic E-state index is 12.7. The van der Waals surface area contributed by atoms with E-state index in [9.17, 15) is 4.79 Å². The van der Waals surface area contributed by atoms with Gasteiger partial charge in [-0.15, -0.1) is 0 Å². The minimum absolute atomic E-state index is 0.209. The standard InChI is InChI=1S/C27H39N7O2.C11H21N/c1-2-3-16-36-26-31-24(28)23-25(32-26)34(27(35)30-23)18-20-6-4-19(5-7-20)17-33-14-10-22(11-15-33)21-8-12-29-13-9-21;1-2-4-10(5-3-1)11-6-8-12-9-7-11/h4-7,21-22,29H,2-3,8-18H2,1H3,(H,30,35)(H2,28,31,32);10-12H,1-9H2. The molecule has 0 radical (unpaired) electrons. The summed E-state index contributed by atoms with van der Waals surface area (Å²) in [7, 11) is 0. The number of ether oxygens (including phenoxy) is 1. The third kappa shape index (κ3) is 9.39. The zero-order valence-electron chi connectivity index (χ0n) is 29.4. The van der Waals surface area contributed by atoms with Gasteiger partial charge in [-0.1, -0.05) is 69.7 Å². The molecule has 264 valence electrons. The van der Waals surface area contributed by atoms with Crippen molar-refractivity contribution in [1.82, 2.24) is 35.1 Å². The molecule has 0 bridgehead atoms. The first-order valence-corrected chi connectivity index (χ1v) is 19.2. The third-order valence-corrected chi connectivity index (χ3v) is 11.5. The van der Waals surface area contributed by atoms with E-state index in [2.05, 4.69) is 61.7 Å². The van der Waals surface area contributed by atoms with E-state index in [0.29, 0.717) is 24.3 Å². The van der Waals surface area contributed by atoms with Gasteiger partial charge in [0, 0.05) is 6.54 Å². The summed E-state index contributed by atoms with van der Waals surface area (Å²) in [6.07, 6.45) is 17.7. The molecule has 1 aromatic carbocycles. The Kier molecular flexibility index (Phi) is 12.8. The number of aromatic amines is 1. The van der Waals surface area contributed by atoms with Crippen molar-refractivity contribution in [3.63, 3.8) is 0 Å². The van der Waals surface area contributed by atoms with Crippen molar-refractivity contribution in [3.05, 3.63) is 45.9 Å². The first-order chi connectivity index (χ1) is 23.6. The molecule has 0 atom stereocenters. The first-order valence-electron chi connectivity index (χ1n) is 19.2. The number of rotatable bonds is 10. The molecule has 10 heteroatoms. The number of hydrogen-bond donors (Lipinski definition) is 4. The number of nitrogen functional groups attached to an aromatic ring is 1. The average molecular weight is 661 g/mol. The molecule has 4 aliphatic rings. The second-order valence-corrected chi connectivity index (χ2v) is 14.8. The van der Waals surface area contributed by atoms with Crippen molar-refractivity contribution >= 4 is 17.0 Å². The predicted molar refractivity (Wildman–Crippen MR) is 194 cm³/mol. The summed E-state index contributed by atoms with van der Waals surface area (Å²) in [4.78, 5) is 26.7. The van der Waals surface area contributed by atoms with E-state index < -0.39 is 0 Å². The number of aromatic nitrogens is 4. The van der Waals surface area contributed by atoms with Crippen LogP contribution in [0.3, 0.4) is 0 Å². The highest BCUT2D eigenvalue weighted by Crippen LogP contribution is 2.34. The van der Waals surface area contributed by atoms with Crippen LogP contribution in [0.1, 0.15) is 102 Å². The minimum Gasteiger partial charge on any atom is -0.463 e. The molecular formula is C38H60N8O2. The number of nitrogens with zero attached hydrogens (tertiary/aromatic N) is 4. The molecule has 0 amide bonds. The van der Waals surface area contributed by atoms with Crippen LogP contribution in [0.5, 0.6) is 6.01 Å². The molecule has 3 saturated heterocycles. The fourth-order valence-electron chi connectivity index (χ4n) is 8.56. The number of likely N-dealkylation sites (tertiary alicyclic amines) is 1. The second kappa shape index (κ2) is 17.6. The molecule has 7 rings (SSSR count). The summed E-state index contributed by atoms with van der Waals surface area (Å²) in [6, 6.07) is 8.77. The van der Waals surface area contributed by atoms with Crippen LogP contribution in [0.15, 0.2) is 29.1 Å². The Labute approximate surface area is 287 Å². The number of nitrogens with one attached hydrogen (secondary N) is 3. The van der Waals surface area contributed by atoms with Crippen LogP contribution >= 0.6 is 0 Å². The molecule has 3 aromatic rings. The molecular weight excluding hydrogens is 600 g/mol. The van der Waals surface area contributed by atoms with E-state index >= 15 is 0 Å². The Hall–Kier alpha value is -2.95. The van der Waals surface area contributed by atoms with Crippen LogP contribution in [0.2, 0.25) is 0 Å². The Morgan fingerprint density at radius 3 is 1.94 bits per heavy atom. The molecule has 48 heavy (non-hydrogen) atoms. The van der Waals surface area contributed by atoms with Gasteiger partial charge in [0.25, 0.3) is 0 Å². The number of unbranched alkanes of at least 4 members (excludes halogenated alkanes) is 1. The minimum atomic E-state index is -0.252. The number of anilines is 1. The highest BCUT2D eigenvalue weighted by atomic mass is 16.5. The SMILES string of the molecule is C1CCC(C2CCNCC2)CC1.CCCCOc1nc(N)c2[nH]c(=O)n(Cc3ccc(CN4CCC(C5CCNCC5)CC4)cc3)c2n1. The number of piperidine rings is 3. The van der Waals surface area contributed by atoms with Gasteiger partial charge in [-0.2, -0.15) is 9.97 Å². The zero-order valence-corrected chi connectivity index (χ0v) is 29.4. The van der Waals surface area contributed by atoms with E-state index in [0.717, 1.165) is 48.6 Å². The third-order valence-electron chi connectivity index (χ3n) is 11.5. The van der Waals surface area contributed by atoms with Crippen molar-refractivity contribution in [1.29, 1.82) is 0 Å². The zero-order chi connectivity index (χ0) is 33.1. The van der Waals surface area contributed by atoms with Gasteiger partial charge in [0.05, 0.1) is 13.2 Å². The molecule has 0 unspecified atom stereocenters. The molecule has 3 aliphatic heterocycles. The fraction of sp³-hybridized carbons (Fsp3) is 0.711. The summed E-state index contributed by atoms with van der Waals surface area (Å²) < 4.78 is 7.24. The van der Waals surface area contributed by atoms with Crippen molar-refractivity contribution in [2.45, 2.75) is 103 Å². The fourth-order valence-corrected chi connectivity index (χ4v) is 8.56. The summed E-state index contributed by atoms with van der Waals surface area (Å²) in [5.41, 5.74) is 9.09. The molecule has 1 aliphatic carbocycles. The second-order valence-electron chi connectivity index (χ2n) is 14.8. The quantitative estimate of drug-likeness (QED) is 0.204. The number of hydrogen-bond acceptors (Lipinski definition) is 8. The van der Waals surface area contributed by atoms with Gasteiger partial charge < -0.3 is 26.1 Å². The Morgan fingerprint density at radius 1 is 0.771 bits per heavy atom.